The van der Waals surface area contributed by atoms with Gasteiger partial charge in [0, 0.05) is 26.2 Å². The van der Waals surface area contributed by atoms with Crippen LogP contribution in [-0.4, -0.2) is 49.2 Å². The van der Waals surface area contributed by atoms with Crippen LogP contribution in [0.25, 0.3) is 0 Å². The Labute approximate surface area is 109 Å². The van der Waals surface area contributed by atoms with E-state index >= 15 is 0 Å². The van der Waals surface area contributed by atoms with Gasteiger partial charge in [0.15, 0.2) is 0 Å². The van der Waals surface area contributed by atoms with Crippen LogP contribution in [0.2, 0.25) is 0 Å². The molecule has 0 saturated carbocycles. The van der Waals surface area contributed by atoms with E-state index in [2.05, 4.69) is 24.1 Å². The van der Waals surface area contributed by atoms with Crippen LogP contribution in [0.5, 0.6) is 0 Å². The fourth-order valence-electron chi connectivity index (χ4n) is 3.94. The molecule has 0 spiro atoms. The molecule has 0 aromatic rings. The first-order valence-electron chi connectivity index (χ1n) is 7.23. The van der Waals surface area contributed by atoms with Crippen LogP contribution >= 0.6 is 0 Å². The Balaban J connectivity index is 1.68. The average Bonchev–Trinajstić information content (AvgIpc) is 2.93. The van der Waals surface area contributed by atoms with E-state index in [1.54, 1.807) is 0 Å². The Hall–Kier alpha value is -0.610. The van der Waals surface area contributed by atoms with Crippen molar-refractivity contribution in [2.75, 3.05) is 26.2 Å². The van der Waals surface area contributed by atoms with Crippen molar-refractivity contribution in [3.05, 3.63) is 0 Å². The topological polar surface area (TPSA) is 41.6 Å². The molecule has 6 atom stereocenters. The number of hydrogen-bond acceptors (Lipinski definition) is 3. The van der Waals surface area contributed by atoms with Crippen LogP contribution in [0.15, 0.2) is 0 Å². The predicted octanol–water partition coefficient (Wildman–Crippen LogP) is 0.724. The molecule has 18 heavy (non-hydrogen) atoms. The first-order chi connectivity index (χ1) is 8.58. The normalized spacial score (nSPS) is 47.6. The number of ether oxygens (including phenoxy) is 1. The van der Waals surface area contributed by atoms with Gasteiger partial charge in [0.05, 0.1) is 18.1 Å². The second-order valence-electron chi connectivity index (χ2n) is 6.35. The van der Waals surface area contributed by atoms with Gasteiger partial charge in [0.2, 0.25) is 5.91 Å². The molecule has 0 aliphatic carbocycles. The highest BCUT2D eigenvalue weighted by molar-refractivity contribution is 5.80. The van der Waals surface area contributed by atoms with E-state index in [0.717, 1.165) is 26.2 Å². The summed E-state index contributed by atoms with van der Waals surface area (Å²) in [7, 11) is 0. The molecule has 0 radical (unpaired) electrons. The van der Waals surface area contributed by atoms with Crippen LogP contribution in [0.4, 0.5) is 0 Å². The van der Waals surface area contributed by atoms with Crippen molar-refractivity contribution in [1.82, 2.24) is 10.2 Å². The molecule has 4 heteroatoms. The molecular weight excluding hydrogens is 228 g/mol. The molecule has 4 nitrogen and oxygen atoms in total. The van der Waals surface area contributed by atoms with Crippen molar-refractivity contribution in [3.63, 3.8) is 0 Å². The van der Waals surface area contributed by atoms with Gasteiger partial charge in [0.25, 0.3) is 0 Å². The van der Waals surface area contributed by atoms with E-state index in [1.807, 2.05) is 6.92 Å². The van der Waals surface area contributed by atoms with E-state index in [4.69, 9.17) is 4.74 Å². The summed E-state index contributed by atoms with van der Waals surface area (Å²) in [5.41, 5.74) is 0. The van der Waals surface area contributed by atoms with Gasteiger partial charge in [-0.1, -0.05) is 6.92 Å². The molecule has 0 aromatic heterocycles. The van der Waals surface area contributed by atoms with Crippen LogP contribution < -0.4 is 5.32 Å². The Kier molecular flexibility index (Phi) is 3.10. The average molecular weight is 252 g/mol. The SMILES string of the molecule is CC1OC(C)C(C(=O)N2C[C@H]3CNC[C@H]3C2)C1C. The molecule has 3 aliphatic heterocycles. The van der Waals surface area contributed by atoms with Gasteiger partial charge >= 0.3 is 0 Å². The Morgan fingerprint density at radius 1 is 1.11 bits per heavy atom. The van der Waals surface area contributed by atoms with Gasteiger partial charge in [-0.3, -0.25) is 4.79 Å². The zero-order valence-corrected chi connectivity index (χ0v) is 11.6. The molecule has 3 fully saturated rings. The quantitative estimate of drug-likeness (QED) is 0.748. The minimum Gasteiger partial charge on any atom is -0.374 e. The number of amides is 1. The minimum atomic E-state index is 0.0618. The van der Waals surface area contributed by atoms with Gasteiger partial charge < -0.3 is 15.0 Å². The van der Waals surface area contributed by atoms with Gasteiger partial charge in [-0.2, -0.15) is 0 Å². The monoisotopic (exact) mass is 252 g/mol. The summed E-state index contributed by atoms with van der Waals surface area (Å²) in [6, 6.07) is 0. The number of carbonyl (C=O) groups excluding carboxylic acids is 1. The van der Waals surface area contributed by atoms with Crippen molar-refractivity contribution in [1.29, 1.82) is 0 Å². The number of rotatable bonds is 1. The Bertz CT molecular complexity index is 335. The molecule has 4 unspecified atom stereocenters. The number of hydrogen-bond donors (Lipinski definition) is 1. The molecule has 0 bridgehead atoms. The zero-order valence-electron chi connectivity index (χ0n) is 11.6. The maximum atomic E-state index is 12.7. The highest BCUT2D eigenvalue weighted by Crippen LogP contribution is 2.36. The van der Waals surface area contributed by atoms with Crippen LogP contribution in [0.3, 0.4) is 0 Å². The summed E-state index contributed by atoms with van der Waals surface area (Å²) in [6.07, 6.45) is 0.277. The minimum absolute atomic E-state index is 0.0618. The van der Waals surface area contributed by atoms with Crippen molar-refractivity contribution in [2.45, 2.75) is 33.0 Å². The van der Waals surface area contributed by atoms with Crippen LogP contribution in [0.1, 0.15) is 20.8 Å². The molecule has 1 amide bonds. The van der Waals surface area contributed by atoms with Gasteiger partial charge in [-0.15, -0.1) is 0 Å². The van der Waals surface area contributed by atoms with E-state index < -0.39 is 0 Å². The number of nitrogens with one attached hydrogen (secondary N) is 1. The first kappa shape index (κ1) is 12.4. The van der Waals surface area contributed by atoms with Crippen molar-refractivity contribution < 1.29 is 9.53 Å². The third-order valence-electron chi connectivity index (χ3n) is 5.23. The Morgan fingerprint density at radius 3 is 2.22 bits per heavy atom. The molecule has 3 rings (SSSR count). The van der Waals surface area contributed by atoms with Gasteiger partial charge in [-0.05, 0) is 31.6 Å². The first-order valence-corrected chi connectivity index (χ1v) is 7.23. The lowest BCUT2D eigenvalue weighted by atomic mass is 9.88. The number of carbonyl (C=O) groups is 1. The lowest BCUT2D eigenvalue weighted by molar-refractivity contribution is -0.137. The van der Waals surface area contributed by atoms with Gasteiger partial charge in [-0.25, -0.2) is 0 Å². The van der Waals surface area contributed by atoms with Crippen molar-refractivity contribution >= 4 is 5.91 Å². The smallest absolute Gasteiger partial charge is 0.228 e. The number of likely N-dealkylation sites (tertiary alicyclic amines) is 1. The lowest BCUT2D eigenvalue weighted by Gasteiger charge is -2.25. The third kappa shape index (κ3) is 1.86. The summed E-state index contributed by atoms with van der Waals surface area (Å²) >= 11 is 0. The van der Waals surface area contributed by atoms with E-state index in [9.17, 15) is 4.79 Å². The van der Waals surface area contributed by atoms with E-state index in [0.29, 0.717) is 23.7 Å². The molecule has 3 heterocycles. The second kappa shape index (κ2) is 4.49. The summed E-state index contributed by atoms with van der Waals surface area (Å²) in [5, 5.41) is 3.42. The molecule has 3 aliphatic rings. The van der Waals surface area contributed by atoms with Crippen molar-refractivity contribution in [3.8, 4) is 0 Å². The van der Waals surface area contributed by atoms with Gasteiger partial charge in [0.1, 0.15) is 0 Å². The second-order valence-corrected chi connectivity index (χ2v) is 6.35. The molecular formula is C14H24N2O2. The maximum Gasteiger partial charge on any atom is 0.228 e. The van der Waals surface area contributed by atoms with Crippen LogP contribution in [-0.2, 0) is 9.53 Å². The fraction of sp³-hybridized carbons (Fsp3) is 0.929. The van der Waals surface area contributed by atoms with E-state index in [-0.39, 0.29) is 18.1 Å². The third-order valence-corrected chi connectivity index (χ3v) is 5.23. The zero-order chi connectivity index (χ0) is 12.9. The van der Waals surface area contributed by atoms with Crippen LogP contribution in [0, 0.1) is 23.7 Å². The number of nitrogens with zero attached hydrogens (tertiary/aromatic N) is 1. The lowest BCUT2D eigenvalue weighted by Crippen LogP contribution is -2.41. The summed E-state index contributed by atoms with van der Waals surface area (Å²) in [4.78, 5) is 14.8. The largest absolute Gasteiger partial charge is 0.374 e. The molecule has 102 valence electrons. The fourth-order valence-corrected chi connectivity index (χ4v) is 3.94. The summed E-state index contributed by atoms with van der Waals surface area (Å²) in [6.45, 7) is 10.3. The summed E-state index contributed by atoms with van der Waals surface area (Å²) < 4.78 is 5.80. The number of fused-ring (bicyclic) bond motifs is 1. The standard InChI is InChI=1S/C14H24N2O2/c1-8-9(2)18-10(3)13(8)14(17)16-6-11-4-15-5-12(11)7-16/h8-13,15H,4-7H2,1-3H3/t8?,9?,10?,11-,12+,13?. The highest BCUT2D eigenvalue weighted by atomic mass is 16.5. The molecule has 0 aromatic carbocycles. The Morgan fingerprint density at radius 2 is 1.72 bits per heavy atom. The van der Waals surface area contributed by atoms with Crippen molar-refractivity contribution in [2.24, 2.45) is 23.7 Å². The van der Waals surface area contributed by atoms with E-state index in [1.165, 1.54) is 0 Å². The highest BCUT2D eigenvalue weighted by Gasteiger charge is 2.46. The molecule has 3 saturated heterocycles. The summed E-state index contributed by atoms with van der Waals surface area (Å²) in [5.74, 6) is 2.09. The maximum absolute atomic E-state index is 12.7. The molecule has 1 N–H and O–H groups in total. The predicted molar refractivity (Wildman–Crippen MR) is 69.1 cm³/mol.